The number of hydrogen-bond acceptors (Lipinski definition) is 5. The summed E-state index contributed by atoms with van der Waals surface area (Å²) in [6, 6.07) is 0. The van der Waals surface area contributed by atoms with Gasteiger partial charge in [-0.1, -0.05) is 0 Å². The van der Waals surface area contributed by atoms with Crippen molar-refractivity contribution in [1.29, 1.82) is 0 Å². The first kappa shape index (κ1) is 13.3. The summed E-state index contributed by atoms with van der Waals surface area (Å²) in [6.45, 7) is 1.55. The Bertz CT molecular complexity index is 716. The molecule has 1 aliphatic carbocycles. The molecule has 1 aliphatic rings. The predicted molar refractivity (Wildman–Crippen MR) is 70.8 cm³/mol. The quantitative estimate of drug-likeness (QED) is 0.799. The minimum atomic E-state index is -1.06. The molecule has 0 saturated heterocycles. The van der Waals surface area contributed by atoms with Crippen molar-refractivity contribution in [2.75, 3.05) is 6.61 Å². The van der Waals surface area contributed by atoms with Crippen molar-refractivity contribution in [1.82, 2.24) is 20.0 Å². The summed E-state index contributed by atoms with van der Waals surface area (Å²) in [6.07, 6.45) is 2.94. The normalized spacial score (nSPS) is 12.6. The molecule has 3 rings (SSSR count). The second kappa shape index (κ2) is 5.04. The second-order valence-corrected chi connectivity index (χ2v) is 4.71. The molecule has 0 bridgehead atoms. The highest BCUT2D eigenvalue weighted by molar-refractivity contribution is 5.92. The molecule has 0 amide bonds. The highest BCUT2D eigenvalue weighted by Gasteiger charge is 2.30. The molecule has 0 aliphatic heterocycles. The first-order valence-electron chi connectivity index (χ1n) is 6.63. The number of nitrogens with one attached hydrogen (secondary N) is 1. The lowest BCUT2D eigenvalue weighted by Crippen LogP contribution is -2.19. The smallest absolute Gasteiger partial charge is 0.356 e. The van der Waals surface area contributed by atoms with E-state index in [4.69, 9.17) is 9.84 Å². The molecule has 8 heteroatoms. The minimum absolute atomic E-state index is 0.223. The number of carbonyl (C=O) groups excluding carboxylic acids is 1. The Morgan fingerprint density at radius 3 is 3.00 bits per heavy atom. The lowest BCUT2D eigenvalue weighted by atomic mass is 9.94. The highest BCUT2D eigenvalue weighted by Crippen LogP contribution is 2.33. The summed E-state index contributed by atoms with van der Waals surface area (Å²) in [4.78, 5) is 23.1. The topological polar surface area (TPSA) is 110 Å². The van der Waals surface area contributed by atoms with Gasteiger partial charge in [-0.15, -0.1) is 0 Å². The van der Waals surface area contributed by atoms with Crippen LogP contribution in [0.25, 0.3) is 11.3 Å². The van der Waals surface area contributed by atoms with E-state index in [0.29, 0.717) is 18.5 Å². The third-order valence-electron chi connectivity index (χ3n) is 3.40. The number of aromatic nitrogens is 4. The molecular weight excluding hydrogens is 276 g/mol. The fourth-order valence-electron chi connectivity index (χ4n) is 2.58. The molecule has 2 N–H and O–H groups in total. The number of aryl methyl sites for hydroxylation is 1. The standard InChI is InChI=1S/C13H14N4O4/c1-2-21-13(20)12-7-3-4-9-8(5-14-15-9)11(7)16-17(12)6-10(18)19/h5H,2-4,6H2,1H3,(H,14,15)(H,18,19). The number of esters is 1. The maximum Gasteiger partial charge on any atom is 0.356 e. The molecule has 2 aromatic rings. The van der Waals surface area contributed by atoms with E-state index < -0.39 is 11.9 Å². The molecule has 0 radical (unpaired) electrons. The number of aromatic amines is 1. The number of aliphatic carboxylic acids is 1. The molecule has 21 heavy (non-hydrogen) atoms. The van der Waals surface area contributed by atoms with Gasteiger partial charge in [0.25, 0.3) is 0 Å². The molecule has 2 heterocycles. The van der Waals surface area contributed by atoms with Crippen molar-refractivity contribution in [3.63, 3.8) is 0 Å². The van der Waals surface area contributed by atoms with Crippen LogP contribution in [0.3, 0.4) is 0 Å². The number of H-pyrrole nitrogens is 1. The van der Waals surface area contributed by atoms with Crippen molar-refractivity contribution >= 4 is 11.9 Å². The molecule has 0 saturated carbocycles. The van der Waals surface area contributed by atoms with Crippen molar-refractivity contribution in [3.05, 3.63) is 23.1 Å². The molecule has 0 spiro atoms. The number of nitrogens with zero attached hydrogens (tertiary/aromatic N) is 3. The average Bonchev–Trinajstić information content (AvgIpc) is 3.00. The van der Waals surface area contributed by atoms with E-state index in [0.717, 1.165) is 16.8 Å². The second-order valence-electron chi connectivity index (χ2n) is 4.71. The van der Waals surface area contributed by atoms with Gasteiger partial charge < -0.3 is 9.84 Å². The fourth-order valence-corrected chi connectivity index (χ4v) is 2.58. The van der Waals surface area contributed by atoms with Crippen LogP contribution in [0, 0.1) is 0 Å². The summed E-state index contributed by atoms with van der Waals surface area (Å²) < 4.78 is 6.23. The van der Waals surface area contributed by atoms with E-state index in [9.17, 15) is 9.59 Å². The van der Waals surface area contributed by atoms with Crippen LogP contribution in [-0.4, -0.2) is 43.6 Å². The fraction of sp³-hybridized carbons (Fsp3) is 0.385. The van der Waals surface area contributed by atoms with Gasteiger partial charge in [-0.25, -0.2) is 9.48 Å². The lowest BCUT2D eigenvalue weighted by molar-refractivity contribution is -0.137. The zero-order chi connectivity index (χ0) is 15.0. The number of carbonyl (C=O) groups is 2. The first-order chi connectivity index (χ1) is 10.1. The minimum Gasteiger partial charge on any atom is -0.480 e. The molecule has 0 aromatic carbocycles. The van der Waals surface area contributed by atoms with Crippen LogP contribution in [0.15, 0.2) is 6.20 Å². The van der Waals surface area contributed by atoms with Gasteiger partial charge in [-0.2, -0.15) is 10.2 Å². The van der Waals surface area contributed by atoms with Crippen molar-refractivity contribution in [3.8, 4) is 11.3 Å². The number of ether oxygens (including phenoxy) is 1. The van der Waals surface area contributed by atoms with Gasteiger partial charge in [-0.3, -0.25) is 9.89 Å². The van der Waals surface area contributed by atoms with Crippen molar-refractivity contribution in [2.45, 2.75) is 26.3 Å². The Hall–Kier alpha value is -2.64. The Labute approximate surface area is 119 Å². The number of carboxylic acid groups (broad SMARTS) is 1. The largest absolute Gasteiger partial charge is 0.480 e. The van der Waals surface area contributed by atoms with Crippen molar-refractivity contribution in [2.24, 2.45) is 0 Å². The average molecular weight is 290 g/mol. The van der Waals surface area contributed by atoms with Gasteiger partial charge in [0.1, 0.15) is 6.54 Å². The summed E-state index contributed by atoms with van der Waals surface area (Å²) >= 11 is 0. The van der Waals surface area contributed by atoms with Crippen LogP contribution >= 0.6 is 0 Å². The molecule has 8 nitrogen and oxygen atoms in total. The van der Waals surface area contributed by atoms with Gasteiger partial charge in [0, 0.05) is 16.8 Å². The maximum atomic E-state index is 12.1. The molecule has 2 aromatic heterocycles. The summed E-state index contributed by atoms with van der Waals surface area (Å²) in [7, 11) is 0. The predicted octanol–water partition coefficient (Wildman–Crippen LogP) is 0.633. The SMILES string of the molecule is CCOC(=O)c1c2c(nn1CC(=O)O)-c1cn[nH]c1CC2. The molecule has 0 atom stereocenters. The van der Waals surface area contributed by atoms with E-state index in [2.05, 4.69) is 15.3 Å². The van der Waals surface area contributed by atoms with E-state index in [1.54, 1.807) is 13.1 Å². The number of fused-ring (bicyclic) bond motifs is 3. The third kappa shape index (κ3) is 2.18. The van der Waals surface area contributed by atoms with Crippen LogP contribution in [0.1, 0.15) is 28.7 Å². The van der Waals surface area contributed by atoms with E-state index in [1.165, 1.54) is 4.68 Å². The number of hydrogen-bond donors (Lipinski definition) is 2. The highest BCUT2D eigenvalue weighted by atomic mass is 16.5. The van der Waals surface area contributed by atoms with Gasteiger partial charge in [0.15, 0.2) is 5.69 Å². The molecular formula is C13H14N4O4. The number of rotatable bonds is 4. The van der Waals surface area contributed by atoms with E-state index in [1.807, 2.05) is 0 Å². The Morgan fingerprint density at radius 1 is 1.48 bits per heavy atom. The summed E-state index contributed by atoms with van der Waals surface area (Å²) in [5.74, 6) is -1.60. The van der Waals surface area contributed by atoms with Crippen LogP contribution < -0.4 is 0 Å². The maximum absolute atomic E-state index is 12.1. The lowest BCUT2D eigenvalue weighted by Gasteiger charge is -2.11. The molecule has 0 unspecified atom stereocenters. The van der Waals surface area contributed by atoms with E-state index in [-0.39, 0.29) is 18.8 Å². The van der Waals surface area contributed by atoms with Gasteiger partial charge in [0.2, 0.25) is 0 Å². The zero-order valence-corrected chi connectivity index (χ0v) is 11.4. The summed E-state index contributed by atoms with van der Waals surface area (Å²) in [5.41, 5.74) is 3.31. The van der Waals surface area contributed by atoms with Gasteiger partial charge >= 0.3 is 11.9 Å². The molecule has 0 fully saturated rings. The Balaban J connectivity index is 2.14. The van der Waals surface area contributed by atoms with Crippen LogP contribution in [0.2, 0.25) is 0 Å². The van der Waals surface area contributed by atoms with Crippen LogP contribution in [0.4, 0.5) is 0 Å². The van der Waals surface area contributed by atoms with Crippen LogP contribution in [-0.2, 0) is 28.9 Å². The van der Waals surface area contributed by atoms with Crippen molar-refractivity contribution < 1.29 is 19.4 Å². The molecule has 110 valence electrons. The van der Waals surface area contributed by atoms with E-state index >= 15 is 0 Å². The summed E-state index contributed by atoms with van der Waals surface area (Å²) in [5, 5.41) is 20.1. The first-order valence-corrected chi connectivity index (χ1v) is 6.63. The Kier molecular flexibility index (Phi) is 3.20. The van der Waals surface area contributed by atoms with Gasteiger partial charge in [0.05, 0.1) is 18.5 Å². The zero-order valence-electron chi connectivity index (χ0n) is 11.4. The third-order valence-corrected chi connectivity index (χ3v) is 3.40. The number of carboxylic acids is 1. The van der Waals surface area contributed by atoms with Crippen LogP contribution in [0.5, 0.6) is 0 Å². The monoisotopic (exact) mass is 290 g/mol. The van der Waals surface area contributed by atoms with Gasteiger partial charge in [-0.05, 0) is 19.8 Å². The Morgan fingerprint density at radius 2 is 2.29 bits per heavy atom.